The van der Waals surface area contributed by atoms with Gasteiger partial charge in [-0.3, -0.25) is 0 Å². The molecule has 0 radical (unpaired) electrons. The van der Waals surface area contributed by atoms with Crippen LogP contribution in [0.4, 0.5) is 0 Å². The summed E-state index contributed by atoms with van der Waals surface area (Å²) in [6.45, 7) is 10.6. The Hall–Kier alpha value is -4.08. The predicted molar refractivity (Wildman–Crippen MR) is 190 cm³/mol. The summed E-state index contributed by atoms with van der Waals surface area (Å²) in [5.41, 5.74) is 4.29. The Kier molecular flexibility index (Phi) is 15.7. The number of aliphatic hydroxyl groups is 4. The summed E-state index contributed by atoms with van der Waals surface area (Å²) < 4.78 is 22.2. The summed E-state index contributed by atoms with van der Waals surface area (Å²) in [5.74, 6) is 3.14. The van der Waals surface area contributed by atoms with Gasteiger partial charge in [-0.15, -0.1) is 0 Å². The highest BCUT2D eigenvalue weighted by Crippen LogP contribution is 2.35. The van der Waals surface area contributed by atoms with Crippen molar-refractivity contribution in [3.63, 3.8) is 0 Å². The van der Waals surface area contributed by atoms with Crippen molar-refractivity contribution >= 4 is 0 Å². The van der Waals surface area contributed by atoms with Gasteiger partial charge in [-0.25, -0.2) is 0 Å². The maximum absolute atomic E-state index is 8.88. The minimum absolute atomic E-state index is 0.00212. The van der Waals surface area contributed by atoms with Crippen LogP contribution in [0.2, 0.25) is 0 Å². The van der Waals surface area contributed by atoms with Crippen molar-refractivity contribution < 1.29 is 39.4 Å². The maximum atomic E-state index is 8.88. The van der Waals surface area contributed by atoms with Crippen LogP contribution in [-0.4, -0.2) is 73.3 Å². The zero-order valence-corrected chi connectivity index (χ0v) is 28.7. The van der Waals surface area contributed by atoms with Crippen LogP contribution in [0.25, 0.3) is 0 Å². The number of hydrogen-bond acceptors (Lipinski definition) is 8. The van der Waals surface area contributed by atoms with Crippen LogP contribution in [0, 0.1) is 0 Å². The number of benzene rings is 4. The second-order valence-corrected chi connectivity index (χ2v) is 12.3. The molecule has 260 valence electrons. The Morgan fingerprint density at radius 2 is 0.750 bits per heavy atom. The van der Waals surface area contributed by atoms with Gasteiger partial charge >= 0.3 is 0 Å². The molecule has 4 aromatic rings. The van der Waals surface area contributed by atoms with Crippen molar-refractivity contribution in [1.82, 2.24) is 0 Å². The van der Waals surface area contributed by atoms with Gasteiger partial charge in [0.15, 0.2) is 0 Å². The van der Waals surface area contributed by atoms with Gasteiger partial charge in [-0.1, -0.05) is 76.2 Å². The first-order valence-electron chi connectivity index (χ1n) is 16.5. The minimum Gasteiger partial charge on any atom is -0.494 e. The fraction of sp³-hybridized carbons (Fsp3) is 0.400. The van der Waals surface area contributed by atoms with E-state index >= 15 is 0 Å². The predicted octanol–water partition coefficient (Wildman–Crippen LogP) is 6.29. The van der Waals surface area contributed by atoms with E-state index in [0.29, 0.717) is 26.1 Å². The SMILES string of the molecule is CC(C)(c1ccc(OCCCO)cc1)c1ccc(OCCCO)cc1.CC(C)(c1cccc(OCCO)c1)c1cccc(OCCO)c1. The molecule has 4 aromatic carbocycles. The van der Waals surface area contributed by atoms with Crippen molar-refractivity contribution in [2.24, 2.45) is 0 Å². The van der Waals surface area contributed by atoms with Crippen molar-refractivity contribution in [3.05, 3.63) is 119 Å². The summed E-state index contributed by atoms with van der Waals surface area (Å²) in [6.07, 6.45) is 1.28. The minimum atomic E-state index is -0.225. The van der Waals surface area contributed by atoms with Crippen molar-refractivity contribution in [2.45, 2.75) is 51.4 Å². The molecule has 0 bridgehead atoms. The topological polar surface area (TPSA) is 118 Å². The van der Waals surface area contributed by atoms with Crippen LogP contribution >= 0.6 is 0 Å². The van der Waals surface area contributed by atoms with Crippen LogP contribution in [0.15, 0.2) is 97.1 Å². The van der Waals surface area contributed by atoms with Gasteiger partial charge in [0.05, 0.1) is 26.4 Å². The largest absolute Gasteiger partial charge is 0.494 e. The van der Waals surface area contributed by atoms with Gasteiger partial charge in [-0.05, 0) is 70.8 Å². The molecule has 0 aliphatic heterocycles. The molecule has 0 spiro atoms. The Bertz CT molecular complexity index is 1360. The van der Waals surface area contributed by atoms with E-state index in [2.05, 4.69) is 64.1 Å². The lowest BCUT2D eigenvalue weighted by Gasteiger charge is -2.27. The van der Waals surface area contributed by atoms with Crippen molar-refractivity contribution in [3.8, 4) is 23.0 Å². The van der Waals surface area contributed by atoms with E-state index in [1.54, 1.807) is 0 Å². The molecule has 0 atom stereocenters. The molecule has 8 heteroatoms. The normalized spacial score (nSPS) is 11.3. The fourth-order valence-electron chi connectivity index (χ4n) is 5.05. The first kappa shape index (κ1) is 38.4. The van der Waals surface area contributed by atoms with Gasteiger partial charge < -0.3 is 39.4 Å². The second kappa shape index (κ2) is 19.7. The molecule has 48 heavy (non-hydrogen) atoms. The van der Waals surface area contributed by atoms with E-state index in [0.717, 1.165) is 34.1 Å². The van der Waals surface area contributed by atoms with Crippen molar-refractivity contribution in [2.75, 3.05) is 52.9 Å². The second-order valence-electron chi connectivity index (χ2n) is 12.3. The standard InChI is InChI=1S/C21H28O4.C19H24O4/c1-21(2,17-5-9-19(10-6-17)24-15-3-13-22)18-7-11-20(12-8-18)25-16-4-14-23;1-19(2,15-5-3-7-17(13-15)22-11-9-20)16-6-4-8-18(14-16)23-12-10-21/h5-12,22-23H,3-4,13-16H2,1-2H3;3-8,13-14,20-21H,9-12H2,1-2H3. The molecule has 4 rings (SSSR count). The number of aliphatic hydroxyl groups excluding tert-OH is 4. The lowest BCUT2D eigenvalue weighted by molar-refractivity contribution is 0.201. The van der Waals surface area contributed by atoms with Gasteiger partial charge in [-0.2, -0.15) is 0 Å². The molecule has 0 heterocycles. The Morgan fingerprint density at radius 3 is 1.10 bits per heavy atom. The smallest absolute Gasteiger partial charge is 0.119 e. The van der Waals surface area contributed by atoms with E-state index in [1.807, 2.05) is 60.7 Å². The monoisotopic (exact) mass is 660 g/mol. The van der Waals surface area contributed by atoms with Crippen LogP contribution in [0.1, 0.15) is 62.8 Å². The van der Waals surface area contributed by atoms with E-state index in [1.165, 1.54) is 11.1 Å². The Balaban J connectivity index is 0.000000261. The molecule has 0 amide bonds. The Morgan fingerprint density at radius 1 is 0.396 bits per heavy atom. The summed E-state index contributed by atoms with van der Waals surface area (Å²) in [6, 6.07) is 32.0. The molecule has 8 nitrogen and oxygen atoms in total. The zero-order chi connectivity index (χ0) is 34.8. The first-order chi connectivity index (χ1) is 23.1. The Labute approximate surface area is 285 Å². The first-order valence-corrected chi connectivity index (χ1v) is 16.5. The molecule has 0 aromatic heterocycles. The molecular weight excluding hydrogens is 608 g/mol. The van der Waals surface area contributed by atoms with Gasteiger partial charge in [0.2, 0.25) is 0 Å². The van der Waals surface area contributed by atoms with E-state index in [4.69, 9.17) is 39.4 Å². The number of hydrogen-bond donors (Lipinski definition) is 4. The van der Waals surface area contributed by atoms with Crippen LogP contribution in [0.5, 0.6) is 23.0 Å². The fourth-order valence-corrected chi connectivity index (χ4v) is 5.05. The summed E-state index contributed by atoms with van der Waals surface area (Å²) in [7, 11) is 0. The molecule has 0 aliphatic rings. The van der Waals surface area contributed by atoms with Gasteiger partial charge in [0.1, 0.15) is 36.2 Å². The average molecular weight is 661 g/mol. The molecule has 0 saturated carbocycles. The lowest BCUT2D eigenvalue weighted by atomic mass is 9.78. The molecule has 0 fully saturated rings. The summed E-state index contributed by atoms with van der Waals surface area (Å²) >= 11 is 0. The maximum Gasteiger partial charge on any atom is 0.119 e. The third kappa shape index (κ3) is 11.6. The third-order valence-corrected chi connectivity index (χ3v) is 8.13. The van der Waals surface area contributed by atoms with Crippen LogP contribution in [0.3, 0.4) is 0 Å². The molecule has 0 unspecified atom stereocenters. The zero-order valence-electron chi connectivity index (χ0n) is 28.7. The van der Waals surface area contributed by atoms with Crippen LogP contribution in [-0.2, 0) is 10.8 Å². The number of rotatable bonds is 18. The van der Waals surface area contributed by atoms with E-state index < -0.39 is 0 Å². The highest BCUT2D eigenvalue weighted by Gasteiger charge is 2.25. The van der Waals surface area contributed by atoms with E-state index in [9.17, 15) is 0 Å². The van der Waals surface area contributed by atoms with E-state index in [-0.39, 0.29) is 50.5 Å². The highest BCUT2D eigenvalue weighted by molar-refractivity contribution is 5.44. The molecule has 0 saturated heterocycles. The lowest BCUT2D eigenvalue weighted by Crippen LogP contribution is -2.19. The average Bonchev–Trinajstić information content (AvgIpc) is 3.11. The van der Waals surface area contributed by atoms with Gasteiger partial charge in [0, 0.05) is 36.9 Å². The summed E-state index contributed by atoms with van der Waals surface area (Å²) in [4.78, 5) is 0. The third-order valence-electron chi connectivity index (χ3n) is 8.13. The summed E-state index contributed by atoms with van der Waals surface area (Å²) in [5, 5.41) is 35.4. The quantitative estimate of drug-likeness (QED) is 0.0921. The van der Waals surface area contributed by atoms with Gasteiger partial charge in [0.25, 0.3) is 0 Å². The molecule has 0 aliphatic carbocycles. The highest BCUT2D eigenvalue weighted by atomic mass is 16.5. The number of ether oxygens (including phenoxy) is 4. The molecule has 4 N–H and O–H groups in total. The van der Waals surface area contributed by atoms with Crippen LogP contribution < -0.4 is 18.9 Å². The van der Waals surface area contributed by atoms with Crippen molar-refractivity contribution in [1.29, 1.82) is 0 Å². The molecular formula is C40H52O8.